The predicted octanol–water partition coefficient (Wildman–Crippen LogP) is 3.67. The molecular weight excluding hydrogens is 270 g/mol. The van der Waals surface area contributed by atoms with E-state index in [4.69, 9.17) is 0 Å². The second-order valence-corrected chi connectivity index (χ2v) is 6.98. The Morgan fingerprint density at radius 3 is 2.55 bits per heavy atom. The maximum atomic E-state index is 12.1. The molecule has 0 spiro atoms. The summed E-state index contributed by atoms with van der Waals surface area (Å²) in [4.78, 5) is 24.4. The van der Waals surface area contributed by atoms with Gasteiger partial charge in [0, 0.05) is 16.0 Å². The third-order valence-electron chi connectivity index (χ3n) is 3.27. The first kappa shape index (κ1) is 16.8. The lowest BCUT2D eigenvalue weighted by atomic mass is 10.0. The molecule has 4 heteroatoms. The molecule has 0 heterocycles. The van der Waals surface area contributed by atoms with Crippen LogP contribution in [0.3, 0.4) is 0 Å². The van der Waals surface area contributed by atoms with Gasteiger partial charge in [0.15, 0.2) is 5.78 Å². The van der Waals surface area contributed by atoms with Crippen molar-refractivity contribution >= 4 is 23.5 Å². The molecule has 0 aliphatic heterocycles. The third kappa shape index (κ3) is 5.00. The average molecular weight is 293 g/mol. The summed E-state index contributed by atoms with van der Waals surface area (Å²) in [7, 11) is 0. The molecule has 3 nitrogen and oxygen atoms in total. The van der Waals surface area contributed by atoms with E-state index in [1.54, 1.807) is 13.0 Å². The van der Waals surface area contributed by atoms with Crippen LogP contribution in [0.2, 0.25) is 0 Å². The van der Waals surface area contributed by atoms with Crippen LogP contribution in [-0.4, -0.2) is 22.5 Å². The molecule has 1 rings (SSSR count). The molecule has 1 atom stereocenters. The summed E-state index contributed by atoms with van der Waals surface area (Å²) in [6, 6.07) is 7.39. The van der Waals surface area contributed by atoms with Gasteiger partial charge >= 0.3 is 0 Å². The second-order valence-electron chi connectivity index (χ2n) is 5.57. The lowest BCUT2D eigenvalue weighted by Gasteiger charge is -2.26. The first-order valence-corrected chi connectivity index (χ1v) is 7.73. The summed E-state index contributed by atoms with van der Waals surface area (Å²) < 4.78 is 0. The summed E-state index contributed by atoms with van der Waals surface area (Å²) in [5.41, 5.74) is 0.490. The Kier molecular flexibility index (Phi) is 5.81. The minimum absolute atomic E-state index is 0.0232. The molecule has 0 saturated carbocycles. The lowest BCUT2D eigenvalue weighted by molar-refractivity contribution is -0.121. The Morgan fingerprint density at radius 2 is 2.00 bits per heavy atom. The maximum absolute atomic E-state index is 12.1. The predicted molar refractivity (Wildman–Crippen MR) is 84.3 cm³/mol. The average Bonchev–Trinajstić information content (AvgIpc) is 2.38. The quantitative estimate of drug-likeness (QED) is 0.643. The minimum atomic E-state index is -0.192. The Hall–Kier alpha value is -1.29. The fraction of sp³-hybridized carbons (Fsp3) is 0.500. The SMILES string of the molecule is CCC(C)(C)NC(=O)C(C)Sc1cccc(C(C)=O)c1. The number of thioether (sulfide) groups is 1. The molecular formula is C16H23NO2S. The van der Waals surface area contributed by atoms with E-state index in [9.17, 15) is 9.59 Å². The number of nitrogens with one attached hydrogen (secondary N) is 1. The second kappa shape index (κ2) is 6.93. The van der Waals surface area contributed by atoms with E-state index in [1.165, 1.54) is 11.8 Å². The minimum Gasteiger partial charge on any atom is -0.350 e. The van der Waals surface area contributed by atoms with Gasteiger partial charge in [-0.15, -0.1) is 11.8 Å². The van der Waals surface area contributed by atoms with Crippen LogP contribution < -0.4 is 5.32 Å². The number of ketones is 1. The van der Waals surface area contributed by atoms with Crippen molar-refractivity contribution in [3.8, 4) is 0 Å². The molecule has 0 aromatic heterocycles. The fourth-order valence-corrected chi connectivity index (χ4v) is 2.50. The molecule has 0 bridgehead atoms. The van der Waals surface area contributed by atoms with Crippen molar-refractivity contribution in [2.75, 3.05) is 0 Å². The highest BCUT2D eigenvalue weighted by Crippen LogP contribution is 2.25. The van der Waals surface area contributed by atoms with Crippen molar-refractivity contribution in [2.45, 2.75) is 56.7 Å². The molecule has 20 heavy (non-hydrogen) atoms. The van der Waals surface area contributed by atoms with Crippen LogP contribution in [0.1, 0.15) is 51.4 Å². The van der Waals surface area contributed by atoms with Crippen molar-refractivity contribution < 1.29 is 9.59 Å². The standard InChI is InChI=1S/C16H23NO2S/c1-6-16(4,5)17-15(19)12(3)20-14-9-7-8-13(10-14)11(2)18/h7-10,12H,6H2,1-5H3,(H,17,19). The van der Waals surface area contributed by atoms with Gasteiger partial charge in [0.05, 0.1) is 5.25 Å². The topological polar surface area (TPSA) is 46.2 Å². The van der Waals surface area contributed by atoms with E-state index in [2.05, 4.69) is 12.2 Å². The van der Waals surface area contributed by atoms with Crippen LogP contribution >= 0.6 is 11.8 Å². The Balaban J connectivity index is 2.71. The highest BCUT2D eigenvalue weighted by molar-refractivity contribution is 8.00. The number of amides is 1. The zero-order valence-electron chi connectivity index (χ0n) is 12.8. The number of Topliss-reactive ketones (excluding diaryl/α,β-unsaturated/α-hetero) is 1. The van der Waals surface area contributed by atoms with Crippen molar-refractivity contribution in [2.24, 2.45) is 0 Å². The molecule has 0 fully saturated rings. The van der Waals surface area contributed by atoms with Gasteiger partial charge in [-0.25, -0.2) is 0 Å². The first-order valence-electron chi connectivity index (χ1n) is 6.85. The van der Waals surface area contributed by atoms with Crippen LogP contribution in [0.5, 0.6) is 0 Å². The number of rotatable bonds is 6. The monoisotopic (exact) mass is 293 g/mol. The number of hydrogen-bond donors (Lipinski definition) is 1. The van der Waals surface area contributed by atoms with Crippen LogP contribution in [0.25, 0.3) is 0 Å². The summed E-state index contributed by atoms with van der Waals surface area (Å²) in [6.45, 7) is 9.50. The van der Waals surface area contributed by atoms with Gasteiger partial charge in [-0.05, 0) is 46.2 Å². The third-order valence-corrected chi connectivity index (χ3v) is 4.36. The van der Waals surface area contributed by atoms with Crippen LogP contribution in [0, 0.1) is 0 Å². The van der Waals surface area contributed by atoms with Gasteiger partial charge in [0.25, 0.3) is 0 Å². The maximum Gasteiger partial charge on any atom is 0.233 e. The lowest BCUT2D eigenvalue weighted by Crippen LogP contribution is -2.46. The number of carbonyl (C=O) groups is 2. The molecule has 1 unspecified atom stereocenters. The van der Waals surface area contributed by atoms with Gasteiger partial charge in [0.1, 0.15) is 0 Å². The molecule has 0 saturated heterocycles. The summed E-state index contributed by atoms with van der Waals surface area (Å²) >= 11 is 1.47. The van der Waals surface area contributed by atoms with E-state index >= 15 is 0 Å². The zero-order chi connectivity index (χ0) is 15.3. The molecule has 0 aliphatic carbocycles. The number of carbonyl (C=O) groups excluding carboxylic acids is 2. The van der Waals surface area contributed by atoms with Gasteiger partial charge < -0.3 is 5.32 Å². The van der Waals surface area contributed by atoms with Crippen LogP contribution in [-0.2, 0) is 4.79 Å². The summed E-state index contributed by atoms with van der Waals surface area (Å²) in [6.07, 6.45) is 0.885. The molecule has 1 aromatic rings. The molecule has 110 valence electrons. The van der Waals surface area contributed by atoms with Gasteiger partial charge in [-0.2, -0.15) is 0 Å². The van der Waals surface area contributed by atoms with Gasteiger partial charge in [0.2, 0.25) is 5.91 Å². The van der Waals surface area contributed by atoms with E-state index < -0.39 is 0 Å². The van der Waals surface area contributed by atoms with Gasteiger partial charge in [-0.1, -0.05) is 19.1 Å². The molecule has 0 aliphatic rings. The van der Waals surface area contributed by atoms with E-state index in [1.807, 2.05) is 39.0 Å². The molecule has 0 radical (unpaired) electrons. The van der Waals surface area contributed by atoms with Crippen molar-refractivity contribution in [1.82, 2.24) is 5.32 Å². The Bertz CT molecular complexity index is 497. The normalized spacial score (nSPS) is 12.8. The molecule has 1 amide bonds. The van der Waals surface area contributed by atoms with Crippen molar-refractivity contribution in [1.29, 1.82) is 0 Å². The van der Waals surface area contributed by atoms with Crippen LogP contribution in [0.15, 0.2) is 29.2 Å². The highest BCUT2D eigenvalue weighted by Gasteiger charge is 2.22. The Labute approximate surface area is 125 Å². The smallest absolute Gasteiger partial charge is 0.233 e. The zero-order valence-corrected chi connectivity index (χ0v) is 13.6. The fourth-order valence-electron chi connectivity index (χ4n) is 1.57. The van der Waals surface area contributed by atoms with Gasteiger partial charge in [-0.3, -0.25) is 9.59 Å². The van der Waals surface area contributed by atoms with E-state index in [-0.39, 0.29) is 22.5 Å². The molecule has 1 aromatic carbocycles. The van der Waals surface area contributed by atoms with E-state index in [0.29, 0.717) is 5.56 Å². The van der Waals surface area contributed by atoms with Crippen LogP contribution in [0.4, 0.5) is 0 Å². The summed E-state index contributed by atoms with van der Waals surface area (Å²) in [5, 5.41) is 2.84. The largest absolute Gasteiger partial charge is 0.350 e. The van der Waals surface area contributed by atoms with Crippen molar-refractivity contribution in [3.05, 3.63) is 29.8 Å². The summed E-state index contributed by atoms with van der Waals surface area (Å²) in [5.74, 6) is 0.0618. The molecule has 1 N–H and O–H groups in total. The van der Waals surface area contributed by atoms with E-state index in [0.717, 1.165) is 11.3 Å². The Morgan fingerprint density at radius 1 is 1.35 bits per heavy atom. The van der Waals surface area contributed by atoms with Crippen molar-refractivity contribution in [3.63, 3.8) is 0 Å². The highest BCUT2D eigenvalue weighted by atomic mass is 32.2. The first-order chi connectivity index (χ1) is 9.25. The number of hydrogen-bond acceptors (Lipinski definition) is 3. The number of benzene rings is 1.